The van der Waals surface area contributed by atoms with E-state index in [1.807, 2.05) is 0 Å². The Kier molecular flexibility index (Phi) is 4.90. The van der Waals surface area contributed by atoms with E-state index < -0.39 is 5.91 Å². The second-order valence-corrected chi connectivity index (χ2v) is 4.29. The van der Waals surface area contributed by atoms with Crippen LogP contribution in [0.4, 0.5) is 5.69 Å². The van der Waals surface area contributed by atoms with Crippen LogP contribution >= 0.6 is 0 Å². The SMILES string of the molecule is N#CC(C#N)=CNc1ccc(Oc2ccnc(C(N)=O)c2)cc1. The molecule has 23 heavy (non-hydrogen) atoms. The number of hydrogen-bond acceptors (Lipinski definition) is 6. The quantitative estimate of drug-likeness (QED) is 0.816. The molecule has 0 atom stereocenters. The van der Waals surface area contributed by atoms with E-state index in [1.165, 1.54) is 18.5 Å². The number of allylic oxidation sites excluding steroid dienone is 1. The van der Waals surface area contributed by atoms with Gasteiger partial charge in [0.15, 0.2) is 0 Å². The highest BCUT2D eigenvalue weighted by Crippen LogP contribution is 2.23. The van der Waals surface area contributed by atoms with E-state index in [0.29, 0.717) is 17.2 Å². The third-order valence-electron chi connectivity index (χ3n) is 2.70. The van der Waals surface area contributed by atoms with Gasteiger partial charge in [-0.05, 0) is 30.3 Å². The lowest BCUT2D eigenvalue weighted by Crippen LogP contribution is -2.12. The lowest BCUT2D eigenvalue weighted by Gasteiger charge is -2.07. The summed E-state index contributed by atoms with van der Waals surface area (Å²) in [5, 5.41) is 20.1. The zero-order chi connectivity index (χ0) is 16.7. The van der Waals surface area contributed by atoms with Crippen molar-refractivity contribution in [3.05, 3.63) is 60.1 Å². The Bertz CT molecular complexity index is 813. The van der Waals surface area contributed by atoms with Crippen molar-refractivity contribution >= 4 is 11.6 Å². The first-order valence-electron chi connectivity index (χ1n) is 6.43. The highest BCUT2D eigenvalue weighted by Gasteiger charge is 2.04. The molecule has 0 aliphatic rings. The van der Waals surface area contributed by atoms with E-state index in [1.54, 1.807) is 42.5 Å². The van der Waals surface area contributed by atoms with Crippen LogP contribution in [0.3, 0.4) is 0 Å². The predicted octanol–water partition coefficient (Wildman–Crippen LogP) is 2.32. The minimum absolute atomic E-state index is 0.0268. The number of primary amides is 1. The molecule has 0 aliphatic heterocycles. The Morgan fingerprint density at radius 3 is 2.48 bits per heavy atom. The summed E-state index contributed by atoms with van der Waals surface area (Å²) in [5.41, 5.74) is 5.94. The van der Waals surface area contributed by atoms with Crippen LogP contribution in [0.1, 0.15) is 10.5 Å². The third kappa shape index (κ3) is 4.31. The predicted molar refractivity (Wildman–Crippen MR) is 82.2 cm³/mol. The van der Waals surface area contributed by atoms with Crippen LogP contribution in [0.25, 0.3) is 0 Å². The Balaban J connectivity index is 2.07. The molecule has 0 fully saturated rings. The molecule has 1 heterocycles. The molecule has 0 saturated carbocycles. The van der Waals surface area contributed by atoms with E-state index in [0.717, 1.165) is 0 Å². The smallest absolute Gasteiger partial charge is 0.267 e. The molecular weight excluding hydrogens is 294 g/mol. The van der Waals surface area contributed by atoms with Gasteiger partial charge in [0.25, 0.3) is 5.91 Å². The Morgan fingerprint density at radius 1 is 1.17 bits per heavy atom. The second kappa shape index (κ2) is 7.25. The van der Waals surface area contributed by atoms with Crippen molar-refractivity contribution in [2.75, 3.05) is 5.32 Å². The standard InChI is InChI=1S/C16H11N5O2/c17-8-11(9-18)10-21-12-1-3-13(4-2-12)23-14-5-6-20-15(7-14)16(19)22/h1-7,10,21H,(H2,19,22). The van der Waals surface area contributed by atoms with Gasteiger partial charge in [0.05, 0.1) is 0 Å². The number of nitrogens with two attached hydrogens (primary N) is 1. The lowest BCUT2D eigenvalue weighted by atomic mass is 10.3. The fourth-order valence-electron chi connectivity index (χ4n) is 1.61. The zero-order valence-corrected chi connectivity index (χ0v) is 11.9. The van der Waals surface area contributed by atoms with Crippen molar-refractivity contribution in [3.8, 4) is 23.6 Å². The monoisotopic (exact) mass is 305 g/mol. The molecule has 0 bridgehead atoms. The normalized spacial score (nSPS) is 9.13. The summed E-state index contributed by atoms with van der Waals surface area (Å²) in [6, 6.07) is 13.4. The van der Waals surface area contributed by atoms with Crippen LogP contribution in [0.5, 0.6) is 11.5 Å². The molecule has 7 heteroatoms. The number of nitrogens with zero attached hydrogens (tertiary/aromatic N) is 3. The minimum Gasteiger partial charge on any atom is -0.457 e. The van der Waals surface area contributed by atoms with Gasteiger partial charge in [0.1, 0.15) is 34.9 Å². The highest BCUT2D eigenvalue weighted by atomic mass is 16.5. The number of nitrogens with one attached hydrogen (secondary N) is 1. The zero-order valence-electron chi connectivity index (χ0n) is 11.9. The van der Waals surface area contributed by atoms with Crippen LogP contribution in [-0.2, 0) is 0 Å². The van der Waals surface area contributed by atoms with Gasteiger partial charge in [-0.3, -0.25) is 9.78 Å². The van der Waals surface area contributed by atoms with Crippen molar-refractivity contribution in [2.24, 2.45) is 5.73 Å². The number of nitriles is 2. The summed E-state index contributed by atoms with van der Waals surface area (Å²) in [5.74, 6) is 0.347. The fraction of sp³-hybridized carbons (Fsp3) is 0. The summed E-state index contributed by atoms with van der Waals surface area (Å²) in [6.07, 6.45) is 2.75. The Hall–Kier alpha value is -3.84. The number of benzene rings is 1. The molecule has 1 amide bonds. The number of rotatable bonds is 5. The molecule has 3 N–H and O–H groups in total. The van der Waals surface area contributed by atoms with Crippen molar-refractivity contribution in [2.45, 2.75) is 0 Å². The van der Waals surface area contributed by atoms with Crippen LogP contribution in [0.15, 0.2) is 54.4 Å². The highest BCUT2D eigenvalue weighted by molar-refractivity contribution is 5.91. The molecule has 0 spiro atoms. The lowest BCUT2D eigenvalue weighted by molar-refractivity contribution is 0.0995. The van der Waals surface area contributed by atoms with Gasteiger partial charge in [0, 0.05) is 24.2 Å². The average Bonchev–Trinajstić information content (AvgIpc) is 2.57. The second-order valence-electron chi connectivity index (χ2n) is 4.29. The molecule has 112 valence electrons. The van der Waals surface area contributed by atoms with Crippen molar-refractivity contribution < 1.29 is 9.53 Å². The molecule has 2 aromatic rings. The maximum atomic E-state index is 11.1. The van der Waals surface area contributed by atoms with Gasteiger partial charge in [-0.2, -0.15) is 10.5 Å². The first kappa shape index (κ1) is 15.5. The maximum absolute atomic E-state index is 11.1. The number of carbonyl (C=O) groups is 1. The molecule has 0 saturated heterocycles. The molecule has 0 unspecified atom stereocenters. The van der Waals surface area contributed by atoms with E-state index >= 15 is 0 Å². The van der Waals surface area contributed by atoms with Crippen molar-refractivity contribution in [3.63, 3.8) is 0 Å². The number of amides is 1. The van der Waals surface area contributed by atoms with Crippen LogP contribution in [0, 0.1) is 22.7 Å². The number of anilines is 1. The summed E-state index contributed by atoms with van der Waals surface area (Å²) in [7, 11) is 0. The molecular formula is C16H11N5O2. The van der Waals surface area contributed by atoms with E-state index in [-0.39, 0.29) is 11.3 Å². The van der Waals surface area contributed by atoms with Crippen LogP contribution < -0.4 is 15.8 Å². The van der Waals surface area contributed by atoms with Gasteiger partial charge in [-0.25, -0.2) is 0 Å². The van der Waals surface area contributed by atoms with Crippen LogP contribution in [0.2, 0.25) is 0 Å². The molecule has 0 aliphatic carbocycles. The van der Waals surface area contributed by atoms with E-state index in [2.05, 4.69) is 10.3 Å². The number of hydrogen-bond donors (Lipinski definition) is 2. The van der Waals surface area contributed by atoms with Crippen LogP contribution in [-0.4, -0.2) is 10.9 Å². The maximum Gasteiger partial charge on any atom is 0.267 e. The fourth-order valence-corrected chi connectivity index (χ4v) is 1.61. The minimum atomic E-state index is -0.632. The Labute approximate surface area is 132 Å². The average molecular weight is 305 g/mol. The molecule has 2 rings (SSSR count). The number of carbonyl (C=O) groups excluding carboxylic acids is 1. The van der Waals surface area contributed by atoms with Gasteiger partial charge < -0.3 is 15.8 Å². The van der Waals surface area contributed by atoms with Gasteiger partial charge in [-0.15, -0.1) is 0 Å². The number of aromatic nitrogens is 1. The first-order valence-corrected chi connectivity index (χ1v) is 6.43. The van der Waals surface area contributed by atoms with Gasteiger partial charge in [-0.1, -0.05) is 0 Å². The molecule has 1 aromatic heterocycles. The number of ether oxygens (including phenoxy) is 1. The summed E-state index contributed by atoms with van der Waals surface area (Å²) < 4.78 is 5.60. The van der Waals surface area contributed by atoms with Crippen molar-refractivity contribution in [1.82, 2.24) is 4.98 Å². The molecule has 0 radical (unpaired) electrons. The summed E-state index contributed by atoms with van der Waals surface area (Å²) >= 11 is 0. The topological polar surface area (TPSA) is 125 Å². The molecule has 7 nitrogen and oxygen atoms in total. The summed E-state index contributed by atoms with van der Waals surface area (Å²) in [4.78, 5) is 14.9. The van der Waals surface area contributed by atoms with Crippen molar-refractivity contribution in [1.29, 1.82) is 10.5 Å². The van der Waals surface area contributed by atoms with E-state index in [4.69, 9.17) is 21.0 Å². The largest absolute Gasteiger partial charge is 0.457 e. The third-order valence-corrected chi connectivity index (χ3v) is 2.70. The molecule has 1 aromatic carbocycles. The van der Waals surface area contributed by atoms with E-state index in [9.17, 15) is 4.79 Å². The Morgan fingerprint density at radius 2 is 1.87 bits per heavy atom. The first-order chi connectivity index (χ1) is 11.1. The van der Waals surface area contributed by atoms with Gasteiger partial charge >= 0.3 is 0 Å². The number of pyridine rings is 1. The summed E-state index contributed by atoms with van der Waals surface area (Å²) in [6.45, 7) is 0. The van der Waals surface area contributed by atoms with Gasteiger partial charge in [0.2, 0.25) is 0 Å².